The van der Waals surface area contributed by atoms with Crippen LogP contribution in [0.15, 0.2) is 43.2 Å². The van der Waals surface area contributed by atoms with Crippen molar-refractivity contribution >= 4 is 5.91 Å². The quantitative estimate of drug-likeness (QED) is 0.840. The predicted octanol–water partition coefficient (Wildman–Crippen LogP) is 2.09. The van der Waals surface area contributed by atoms with Crippen molar-refractivity contribution in [3.05, 3.63) is 43.2 Å². The molecule has 5 nitrogen and oxygen atoms in total. The summed E-state index contributed by atoms with van der Waals surface area (Å²) in [5.41, 5.74) is 0. The highest BCUT2D eigenvalue weighted by Crippen LogP contribution is 2.17. The molecule has 20 heavy (non-hydrogen) atoms. The molecule has 1 amide bonds. The van der Waals surface area contributed by atoms with E-state index in [1.165, 1.54) is 0 Å². The van der Waals surface area contributed by atoms with Gasteiger partial charge in [0.05, 0.1) is 6.33 Å². The number of nitrogens with one attached hydrogen (secondary N) is 1. The third-order valence-corrected chi connectivity index (χ3v) is 3.21. The first-order chi connectivity index (χ1) is 9.66. The smallest absolute Gasteiger partial charge is 0.243 e. The van der Waals surface area contributed by atoms with E-state index in [0.717, 1.165) is 13.0 Å². The normalized spacial score (nSPS) is 12.6. The van der Waals surface area contributed by atoms with Gasteiger partial charge in [0.25, 0.3) is 0 Å². The Hall–Kier alpha value is -2.04. The summed E-state index contributed by atoms with van der Waals surface area (Å²) in [6.07, 6.45) is 10.1. The van der Waals surface area contributed by atoms with Gasteiger partial charge in [-0.2, -0.15) is 0 Å². The van der Waals surface area contributed by atoms with Crippen LogP contribution in [0, 0.1) is 5.92 Å². The van der Waals surface area contributed by atoms with Crippen molar-refractivity contribution in [3.8, 4) is 0 Å². The molecule has 2 heterocycles. The Kier molecular flexibility index (Phi) is 4.98. The molecule has 1 atom stereocenters. The summed E-state index contributed by atoms with van der Waals surface area (Å²) in [4.78, 5) is 16.3. The lowest BCUT2D eigenvalue weighted by atomic mass is 10.0. The van der Waals surface area contributed by atoms with Crippen molar-refractivity contribution < 1.29 is 4.79 Å². The van der Waals surface area contributed by atoms with Crippen LogP contribution in [0.25, 0.3) is 0 Å². The Morgan fingerprint density at radius 2 is 2.00 bits per heavy atom. The van der Waals surface area contributed by atoms with E-state index >= 15 is 0 Å². The number of carbonyl (C=O) groups excluding carboxylic acids is 1. The van der Waals surface area contributed by atoms with Gasteiger partial charge in [0, 0.05) is 37.9 Å². The lowest BCUT2D eigenvalue weighted by Gasteiger charge is -2.20. The van der Waals surface area contributed by atoms with Crippen LogP contribution in [0.4, 0.5) is 0 Å². The lowest BCUT2D eigenvalue weighted by molar-refractivity contribution is -0.124. The molecular weight excluding hydrogens is 252 g/mol. The molecule has 2 aromatic heterocycles. The number of hydrogen-bond acceptors (Lipinski definition) is 2. The van der Waals surface area contributed by atoms with Crippen LogP contribution in [0.1, 0.15) is 26.3 Å². The van der Waals surface area contributed by atoms with E-state index < -0.39 is 0 Å². The van der Waals surface area contributed by atoms with E-state index in [2.05, 4.69) is 24.1 Å². The number of carbonyl (C=O) groups is 1. The van der Waals surface area contributed by atoms with Crippen molar-refractivity contribution in [2.75, 3.05) is 6.54 Å². The van der Waals surface area contributed by atoms with Gasteiger partial charge >= 0.3 is 0 Å². The Morgan fingerprint density at radius 1 is 1.25 bits per heavy atom. The molecule has 0 aliphatic heterocycles. The van der Waals surface area contributed by atoms with Crippen LogP contribution in [0.2, 0.25) is 0 Å². The number of aromatic nitrogens is 3. The third kappa shape index (κ3) is 3.98. The number of nitrogens with zero attached hydrogens (tertiary/aromatic N) is 3. The first kappa shape index (κ1) is 14.4. The number of rotatable bonds is 7. The van der Waals surface area contributed by atoms with E-state index in [-0.39, 0.29) is 11.9 Å². The van der Waals surface area contributed by atoms with Crippen LogP contribution >= 0.6 is 0 Å². The van der Waals surface area contributed by atoms with Crippen LogP contribution in [0.5, 0.6) is 0 Å². The van der Waals surface area contributed by atoms with Gasteiger partial charge < -0.3 is 14.5 Å². The molecule has 0 spiro atoms. The second-order valence-electron chi connectivity index (χ2n) is 5.37. The van der Waals surface area contributed by atoms with Crippen LogP contribution in [0.3, 0.4) is 0 Å². The Balaban J connectivity index is 1.89. The maximum atomic E-state index is 12.3. The second-order valence-corrected chi connectivity index (χ2v) is 5.37. The predicted molar refractivity (Wildman–Crippen MR) is 78.2 cm³/mol. The lowest BCUT2D eigenvalue weighted by Crippen LogP contribution is -2.34. The number of amides is 1. The topological polar surface area (TPSA) is 51.9 Å². The zero-order valence-electron chi connectivity index (χ0n) is 12.1. The van der Waals surface area contributed by atoms with E-state index in [1.54, 1.807) is 12.5 Å². The maximum Gasteiger partial charge on any atom is 0.243 e. The Bertz CT molecular complexity index is 502. The number of imidazole rings is 1. The first-order valence-electron chi connectivity index (χ1n) is 7.02. The molecule has 0 unspecified atom stereocenters. The fourth-order valence-electron chi connectivity index (χ4n) is 2.21. The SMILES string of the molecule is CC(C)C[C@H](C(=O)NCCn1ccnc1)n1cccc1. The van der Waals surface area contributed by atoms with Gasteiger partial charge in [-0.1, -0.05) is 13.8 Å². The van der Waals surface area contributed by atoms with Gasteiger partial charge in [0.1, 0.15) is 6.04 Å². The fourth-order valence-corrected chi connectivity index (χ4v) is 2.21. The van der Waals surface area contributed by atoms with Gasteiger partial charge in [-0.15, -0.1) is 0 Å². The van der Waals surface area contributed by atoms with Crippen molar-refractivity contribution in [2.24, 2.45) is 5.92 Å². The average molecular weight is 274 g/mol. The van der Waals surface area contributed by atoms with E-state index in [1.807, 2.05) is 39.9 Å². The highest BCUT2D eigenvalue weighted by atomic mass is 16.2. The van der Waals surface area contributed by atoms with Gasteiger partial charge in [0.15, 0.2) is 0 Å². The van der Waals surface area contributed by atoms with Gasteiger partial charge in [-0.25, -0.2) is 4.98 Å². The second kappa shape index (κ2) is 6.93. The summed E-state index contributed by atoms with van der Waals surface area (Å²) in [7, 11) is 0. The zero-order chi connectivity index (χ0) is 14.4. The fraction of sp³-hybridized carbons (Fsp3) is 0.467. The highest BCUT2D eigenvalue weighted by molar-refractivity contribution is 5.80. The standard InChI is InChI=1S/C15H22N4O/c1-13(2)11-14(19-7-3-4-8-19)15(20)17-6-10-18-9-5-16-12-18/h3-5,7-9,12-14H,6,10-11H2,1-2H3,(H,17,20)/t14-/m1/s1. The van der Waals surface area contributed by atoms with Crippen molar-refractivity contribution in [1.82, 2.24) is 19.4 Å². The molecule has 2 aromatic rings. The molecule has 0 aliphatic rings. The molecule has 1 N–H and O–H groups in total. The van der Waals surface area contributed by atoms with Crippen molar-refractivity contribution in [2.45, 2.75) is 32.9 Å². The summed E-state index contributed by atoms with van der Waals surface area (Å²) < 4.78 is 3.93. The van der Waals surface area contributed by atoms with E-state index in [9.17, 15) is 4.79 Å². The molecule has 5 heteroatoms. The summed E-state index contributed by atoms with van der Waals surface area (Å²) in [6, 6.07) is 3.77. The molecule has 0 bridgehead atoms. The van der Waals surface area contributed by atoms with Crippen LogP contribution in [-0.4, -0.2) is 26.6 Å². The number of hydrogen-bond donors (Lipinski definition) is 1. The summed E-state index contributed by atoms with van der Waals surface area (Å²) in [5.74, 6) is 0.553. The summed E-state index contributed by atoms with van der Waals surface area (Å²) in [5, 5.41) is 3.01. The summed E-state index contributed by atoms with van der Waals surface area (Å²) in [6.45, 7) is 5.63. The molecule has 2 rings (SSSR count). The van der Waals surface area contributed by atoms with Crippen LogP contribution in [-0.2, 0) is 11.3 Å². The first-order valence-corrected chi connectivity index (χ1v) is 7.02. The van der Waals surface area contributed by atoms with Gasteiger partial charge in [-0.05, 0) is 24.5 Å². The molecule has 0 aliphatic carbocycles. The van der Waals surface area contributed by atoms with Crippen molar-refractivity contribution in [3.63, 3.8) is 0 Å². The third-order valence-electron chi connectivity index (χ3n) is 3.21. The minimum Gasteiger partial charge on any atom is -0.353 e. The zero-order valence-corrected chi connectivity index (χ0v) is 12.1. The largest absolute Gasteiger partial charge is 0.353 e. The molecule has 0 saturated carbocycles. The molecule has 108 valence electrons. The van der Waals surface area contributed by atoms with E-state index in [0.29, 0.717) is 12.5 Å². The monoisotopic (exact) mass is 274 g/mol. The molecule has 0 saturated heterocycles. The maximum absolute atomic E-state index is 12.3. The molecular formula is C15H22N4O. The minimum atomic E-state index is -0.132. The van der Waals surface area contributed by atoms with Crippen LogP contribution < -0.4 is 5.32 Å². The Labute approximate surface area is 119 Å². The minimum absolute atomic E-state index is 0.0787. The highest BCUT2D eigenvalue weighted by Gasteiger charge is 2.20. The van der Waals surface area contributed by atoms with E-state index in [4.69, 9.17) is 0 Å². The Morgan fingerprint density at radius 3 is 2.60 bits per heavy atom. The van der Waals surface area contributed by atoms with Crippen molar-refractivity contribution in [1.29, 1.82) is 0 Å². The molecule has 0 fully saturated rings. The van der Waals surface area contributed by atoms with Gasteiger partial charge in [0.2, 0.25) is 5.91 Å². The van der Waals surface area contributed by atoms with Gasteiger partial charge in [-0.3, -0.25) is 4.79 Å². The molecule has 0 radical (unpaired) electrons. The summed E-state index contributed by atoms with van der Waals surface area (Å²) >= 11 is 0. The molecule has 0 aromatic carbocycles. The average Bonchev–Trinajstić information content (AvgIpc) is 3.08.